The molecule has 1 aliphatic heterocycles. The van der Waals surface area contributed by atoms with Crippen molar-refractivity contribution in [2.24, 2.45) is 4.99 Å². The van der Waals surface area contributed by atoms with Gasteiger partial charge in [-0.1, -0.05) is 12.6 Å². The van der Waals surface area contributed by atoms with E-state index in [1.807, 2.05) is 0 Å². The lowest BCUT2D eigenvalue weighted by Gasteiger charge is -2.12. The third-order valence-corrected chi connectivity index (χ3v) is 3.26. The van der Waals surface area contributed by atoms with Crippen molar-refractivity contribution in [1.29, 1.82) is 0 Å². The highest BCUT2D eigenvalue weighted by molar-refractivity contribution is 6.11. The number of nitrogens with one attached hydrogen (secondary N) is 2. The highest BCUT2D eigenvalue weighted by Gasteiger charge is 2.30. The van der Waals surface area contributed by atoms with E-state index >= 15 is 0 Å². The Kier molecular flexibility index (Phi) is 4.96. The summed E-state index contributed by atoms with van der Waals surface area (Å²) < 4.78 is 43.0. The minimum atomic E-state index is -4.43. The number of carbonyl (C=O) groups excluding carboxylic acids is 1. The third kappa shape index (κ3) is 3.76. The molecule has 0 aliphatic carbocycles. The number of anilines is 1. The summed E-state index contributed by atoms with van der Waals surface area (Å²) in [6.07, 6.45) is -4.43. The average Bonchev–Trinajstić information content (AvgIpc) is 2.79. The first kappa shape index (κ1) is 17.6. The molecule has 0 fully saturated rings. The van der Waals surface area contributed by atoms with Crippen molar-refractivity contribution in [1.82, 2.24) is 5.43 Å². The Hall–Kier alpha value is -2.77. The minimum Gasteiger partial charge on any atom is -0.462 e. The number of hydrogen-bond acceptors (Lipinski definition) is 5. The Labute approximate surface area is 136 Å². The smallest absolute Gasteiger partial charge is 0.416 e. The van der Waals surface area contributed by atoms with Crippen LogP contribution < -0.4 is 10.9 Å². The number of halogens is 3. The molecule has 2 N–H and O–H groups in total. The van der Waals surface area contributed by atoms with E-state index in [0.717, 1.165) is 12.1 Å². The molecule has 0 saturated heterocycles. The SMILES string of the molecule is C=C1N=C(NNc2cccc(C(F)(F)F)c2)C(C)=C1C(=O)OCC. The second-order valence-corrected chi connectivity index (χ2v) is 4.96. The van der Waals surface area contributed by atoms with Crippen molar-refractivity contribution in [3.05, 3.63) is 53.3 Å². The van der Waals surface area contributed by atoms with Crippen LogP contribution in [0, 0.1) is 0 Å². The number of rotatable bonds is 4. The number of alkyl halides is 3. The number of nitrogens with zero attached hydrogens (tertiary/aromatic N) is 1. The highest BCUT2D eigenvalue weighted by atomic mass is 19.4. The summed E-state index contributed by atoms with van der Waals surface area (Å²) in [4.78, 5) is 15.9. The molecule has 5 nitrogen and oxygen atoms in total. The van der Waals surface area contributed by atoms with Gasteiger partial charge in [0.1, 0.15) is 5.84 Å². The predicted octanol–water partition coefficient (Wildman–Crippen LogP) is 3.43. The summed E-state index contributed by atoms with van der Waals surface area (Å²) in [5.74, 6) is -0.250. The minimum absolute atomic E-state index is 0.204. The van der Waals surface area contributed by atoms with Crippen molar-refractivity contribution in [3.8, 4) is 0 Å². The number of ether oxygens (including phenoxy) is 1. The highest BCUT2D eigenvalue weighted by Crippen LogP contribution is 2.30. The van der Waals surface area contributed by atoms with Crippen LogP contribution in [0.5, 0.6) is 0 Å². The van der Waals surface area contributed by atoms with Gasteiger partial charge in [-0.3, -0.25) is 10.9 Å². The number of aliphatic imine (C=N–C) groups is 1. The van der Waals surface area contributed by atoms with Gasteiger partial charge in [-0.2, -0.15) is 13.2 Å². The van der Waals surface area contributed by atoms with E-state index in [-0.39, 0.29) is 23.6 Å². The zero-order valence-electron chi connectivity index (χ0n) is 13.1. The number of hydrazine groups is 1. The lowest BCUT2D eigenvalue weighted by Crippen LogP contribution is -2.29. The summed E-state index contributed by atoms with van der Waals surface area (Å²) >= 11 is 0. The number of hydrogen-bond donors (Lipinski definition) is 2. The van der Waals surface area contributed by atoms with Gasteiger partial charge in [0.25, 0.3) is 0 Å². The van der Waals surface area contributed by atoms with Gasteiger partial charge in [-0.15, -0.1) is 0 Å². The normalized spacial score (nSPS) is 14.5. The van der Waals surface area contributed by atoms with E-state index in [1.165, 1.54) is 12.1 Å². The number of carbonyl (C=O) groups is 1. The second-order valence-electron chi connectivity index (χ2n) is 4.96. The maximum atomic E-state index is 12.7. The van der Waals surface area contributed by atoms with Gasteiger partial charge >= 0.3 is 12.1 Å². The molecule has 24 heavy (non-hydrogen) atoms. The first-order valence-corrected chi connectivity index (χ1v) is 7.09. The number of amidine groups is 1. The molecule has 0 saturated carbocycles. The molecule has 0 aromatic heterocycles. The lowest BCUT2D eigenvalue weighted by atomic mass is 10.1. The molecule has 1 aromatic carbocycles. The number of esters is 1. The van der Waals surface area contributed by atoms with Gasteiger partial charge in [-0.25, -0.2) is 9.79 Å². The summed E-state index contributed by atoms with van der Waals surface area (Å²) in [6, 6.07) is 4.69. The molecule has 0 unspecified atom stereocenters. The molecule has 8 heteroatoms. The molecule has 0 amide bonds. The van der Waals surface area contributed by atoms with Gasteiger partial charge in [-0.05, 0) is 32.0 Å². The molecule has 0 atom stereocenters. The van der Waals surface area contributed by atoms with Crippen molar-refractivity contribution in [2.45, 2.75) is 20.0 Å². The molecule has 2 rings (SSSR count). The Morgan fingerprint density at radius 1 is 1.33 bits per heavy atom. The molecule has 0 bridgehead atoms. The van der Waals surface area contributed by atoms with E-state index in [2.05, 4.69) is 22.4 Å². The average molecular weight is 339 g/mol. The lowest BCUT2D eigenvalue weighted by molar-refractivity contribution is -0.138. The first-order valence-electron chi connectivity index (χ1n) is 7.09. The Morgan fingerprint density at radius 2 is 2.04 bits per heavy atom. The predicted molar refractivity (Wildman–Crippen MR) is 84.1 cm³/mol. The van der Waals surface area contributed by atoms with Crippen LogP contribution in [0.3, 0.4) is 0 Å². The van der Waals surface area contributed by atoms with Gasteiger partial charge in [0.05, 0.1) is 29.1 Å². The van der Waals surface area contributed by atoms with E-state index in [0.29, 0.717) is 11.4 Å². The van der Waals surface area contributed by atoms with Crippen LogP contribution in [-0.2, 0) is 15.7 Å². The van der Waals surface area contributed by atoms with E-state index in [9.17, 15) is 18.0 Å². The fourth-order valence-electron chi connectivity index (χ4n) is 2.11. The quantitative estimate of drug-likeness (QED) is 0.652. The third-order valence-electron chi connectivity index (χ3n) is 3.26. The zero-order valence-corrected chi connectivity index (χ0v) is 13.1. The van der Waals surface area contributed by atoms with Crippen LogP contribution in [0.2, 0.25) is 0 Å². The fourth-order valence-corrected chi connectivity index (χ4v) is 2.11. The van der Waals surface area contributed by atoms with Crippen molar-refractivity contribution in [2.75, 3.05) is 12.0 Å². The maximum Gasteiger partial charge on any atom is 0.416 e. The van der Waals surface area contributed by atoms with Crippen LogP contribution in [-0.4, -0.2) is 18.4 Å². The van der Waals surface area contributed by atoms with E-state index in [4.69, 9.17) is 4.74 Å². The Bertz CT molecular complexity index is 736. The van der Waals surface area contributed by atoms with E-state index in [1.54, 1.807) is 13.8 Å². The van der Waals surface area contributed by atoms with E-state index < -0.39 is 17.7 Å². The summed E-state index contributed by atoms with van der Waals surface area (Å²) in [6.45, 7) is 7.22. The molecule has 1 aromatic rings. The number of benzene rings is 1. The van der Waals surface area contributed by atoms with Gasteiger partial charge in [0.15, 0.2) is 0 Å². The zero-order chi connectivity index (χ0) is 17.9. The Balaban J connectivity index is 2.12. The maximum absolute atomic E-state index is 12.7. The molecule has 0 spiro atoms. The molecule has 128 valence electrons. The van der Waals surface area contributed by atoms with Crippen LogP contribution in [0.1, 0.15) is 19.4 Å². The molecular weight excluding hydrogens is 323 g/mol. The second kappa shape index (κ2) is 6.77. The first-order chi connectivity index (χ1) is 11.2. The van der Waals surface area contributed by atoms with Crippen LogP contribution in [0.25, 0.3) is 0 Å². The molecular formula is C16H16F3N3O2. The van der Waals surface area contributed by atoms with Crippen molar-refractivity contribution in [3.63, 3.8) is 0 Å². The van der Waals surface area contributed by atoms with Crippen LogP contribution in [0.15, 0.2) is 52.7 Å². The van der Waals surface area contributed by atoms with Gasteiger partial charge in [0.2, 0.25) is 0 Å². The standard InChI is InChI=1S/C16H16F3N3O2/c1-4-24-15(23)13-9(2)14(20-10(13)3)22-21-12-7-5-6-11(8-12)16(17,18)19/h5-8,21H,3-4H2,1-2H3,(H,20,22). The summed E-state index contributed by atoms with van der Waals surface area (Å²) in [5.41, 5.74) is 5.73. The Morgan fingerprint density at radius 3 is 2.67 bits per heavy atom. The van der Waals surface area contributed by atoms with Crippen molar-refractivity contribution >= 4 is 17.5 Å². The van der Waals surface area contributed by atoms with Gasteiger partial charge in [0, 0.05) is 5.57 Å². The summed E-state index contributed by atoms with van der Waals surface area (Å²) in [7, 11) is 0. The van der Waals surface area contributed by atoms with Crippen molar-refractivity contribution < 1.29 is 22.7 Å². The fraction of sp³-hybridized carbons (Fsp3) is 0.250. The topological polar surface area (TPSA) is 62.7 Å². The molecule has 1 aliphatic rings. The molecule has 1 heterocycles. The monoisotopic (exact) mass is 339 g/mol. The van der Waals surface area contributed by atoms with Crippen LogP contribution in [0.4, 0.5) is 18.9 Å². The molecule has 0 radical (unpaired) electrons. The van der Waals surface area contributed by atoms with Crippen LogP contribution >= 0.6 is 0 Å². The summed E-state index contributed by atoms with van der Waals surface area (Å²) in [5, 5.41) is 0. The largest absolute Gasteiger partial charge is 0.462 e. The van der Waals surface area contributed by atoms with Gasteiger partial charge < -0.3 is 4.74 Å².